The molecule has 1 aliphatic heterocycles. The molecule has 0 radical (unpaired) electrons. The third-order valence-corrected chi connectivity index (χ3v) is 3.22. The number of nitrogens with one attached hydrogen (secondary N) is 1. The number of hydrogen-bond donors (Lipinski definition) is 3. The van der Waals surface area contributed by atoms with Gasteiger partial charge in [-0.3, -0.25) is 14.3 Å². The quantitative estimate of drug-likeness (QED) is 0.510. The second kappa shape index (κ2) is 6.96. The van der Waals surface area contributed by atoms with E-state index in [1.165, 1.54) is 13.3 Å². The zero-order chi connectivity index (χ0) is 15.4. The zero-order valence-electron chi connectivity index (χ0n) is 11.5. The summed E-state index contributed by atoms with van der Waals surface area (Å²) < 4.78 is 16.9. The Morgan fingerprint density at radius 3 is 2.81 bits per heavy atom. The number of aliphatic hydroxyl groups excluding tert-OH is 2. The summed E-state index contributed by atoms with van der Waals surface area (Å²) in [6, 6.07) is 1.16. The second-order valence-electron chi connectivity index (χ2n) is 4.58. The predicted molar refractivity (Wildman–Crippen MR) is 69.9 cm³/mol. The summed E-state index contributed by atoms with van der Waals surface area (Å²) >= 11 is 0. The van der Waals surface area contributed by atoms with Gasteiger partial charge >= 0.3 is 5.69 Å². The zero-order valence-corrected chi connectivity index (χ0v) is 11.5. The number of hydrogen-bond acceptors (Lipinski definition) is 7. The monoisotopic (exact) mass is 302 g/mol. The highest BCUT2D eigenvalue weighted by atomic mass is 16.6. The van der Waals surface area contributed by atoms with E-state index in [-0.39, 0.29) is 6.61 Å². The summed E-state index contributed by atoms with van der Waals surface area (Å²) in [4.78, 5) is 25.0. The smallest absolute Gasteiger partial charge is 0.330 e. The molecule has 2 heterocycles. The molecule has 1 aromatic heterocycles. The van der Waals surface area contributed by atoms with E-state index in [1.54, 1.807) is 0 Å². The van der Waals surface area contributed by atoms with Gasteiger partial charge in [-0.25, -0.2) is 4.79 Å². The van der Waals surface area contributed by atoms with Crippen LogP contribution in [0.1, 0.15) is 6.23 Å². The molecule has 0 saturated carbocycles. The molecule has 21 heavy (non-hydrogen) atoms. The molecule has 4 atom stereocenters. The molecule has 1 saturated heterocycles. The molecule has 0 aromatic carbocycles. The third-order valence-electron chi connectivity index (χ3n) is 3.22. The van der Waals surface area contributed by atoms with E-state index in [1.807, 2.05) is 0 Å². The summed E-state index contributed by atoms with van der Waals surface area (Å²) in [6.45, 7) is 0.0779. The number of H-pyrrole nitrogens is 1. The lowest BCUT2D eigenvalue weighted by Crippen LogP contribution is -2.39. The fraction of sp³-hybridized carbons (Fsp3) is 0.667. The van der Waals surface area contributed by atoms with Gasteiger partial charge in [0.25, 0.3) is 5.56 Å². The van der Waals surface area contributed by atoms with Crippen molar-refractivity contribution in [2.75, 3.05) is 26.9 Å². The van der Waals surface area contributed by atoms with E-state index < -0.39 is 42.4 Å². The molecule has 3 N–H and O–H groups in total. The highest BCUT2D eigenvalue weighted by Gasteiger charge is 2.45. The summed E-state index contributed by atoms with van der Waals surface area (Å²) in [6.07, 6.45) is -2.53. The number of ether oxygens (including phenoxy) is 3. The molecule has 2 rings (SSSR count). The van der Waals surface area contributed by atoms with Gasteiger partial charge in [0.15, 0.2) is 6.23 Å². The van der Waals surface area contributed by atoms with Crippen LogP contribution in [0.15, 0.2) is 21.9 Å². The Balaban J connectivity index is 2.25. The van der Waals surface area contributed by atoms with Crippen molar-refractivity contribution in [3.05, 3.63) is 33.1 Å². The van der Waals surface area contributed by atoms with E-state index >= 15 is 0 Å². The minimum Gasteiger partial charge on any atom is -0.394 e. The van der Waals surface area contributed by atoms with Crippen molar-refractivity contribution in [2.45, 2.75) is 24.5 Å². The van der Waals surface area contributed by atoms with Gasteiger partial charge in [0.1, 0.15) is 18.3 Å². The maximum absolute atomic E-state index is 11.8. The average Bonchev–Trinajstić information content (AvgIpc) is 2.76. The lowest BCUT2D eigenvalue weighted by atomic mass is 10.1. The Kier molecular flexibility index (Phi) is 5.26. The van der Waals surface area contributed by atoms with Gasteiger partial charge in [-0.15, -0.1) is 0 Å². The van der Waals surface area contributed by atoms with Crippen molar-refractivity contribution in [1.29, 1.82) is 0 Å². The summed E-state index contributed by atoms with van der Waals surface area (Å²) in [5.74, 6) is 0. The minimum atomic E-state index is -1.10. The minimum absolute atomic E-state index is 0.189. The number of aromatic amines is 1. The van der Waals surface area contributed by atoms with Crippen LogP contribution in [0.5, 0.6) is 0 Å². The van der Waals surface area contributed by atoms with Crippen LogP contribution in [0.2, 0.25) is 0 Å². The lowest BCUT2D eigenvalue weighted by molar-refractivity contribution is -0.0819. The number of nitrogens with zero attached hydrogens (tertiary/aromatic N) is 1. The van der Waals surface area contributed by atoms with Gasteiger partial charge in [0.2, 0.25) is 0 Å². The van der Waals surface area contributed by atoms with Crippen LogP contribution in [0.3, 0.4) is 0 Å². The van der Waals surface area contributed by atoms with Crippen molar-refractivity contribution in [1.82, 2.24) is 9.55 Å². The normalized spacial score (nSPS) is 28.9. The maximum Gasteiger partial charge on any atom is 0.330 e. The fourth-order valence-electron chi connectivity index (χ4n) is 2.17. The van der Waals surface area contributed by atoms with Gasteiger partial charge < -0.3 is 24.4 Å². The molecule has 9 nitrogen and oxygen atoms in total. The summed E-state index contributed by atoms with van der Waals surface area (Å²) in [5.41, 5.74) is -1.22. The Morgan fingerprint density at radius 1 is 1.43 bits per heavy atom. The molecule has 1 aromatic rings. The highest BCUT2D eigenvalue weighted by molar-refractivity contribution is 4.93. The van der Waals surface area contributed by atoms with Crippen LogP contribution in [-0.4, -0.2) is 65.0 Å². The van der Waals surface area contributed by atoms with Crippen LogP contribution in [0.25, 0.3) is 0 Å². The topological polar surface area (TPSA) is 123 Å². The van der Waals surface area contributed by atoms with Crippen molar-refractivity contribution in [2.24, 2.45) is 0 Å². The van der Waals surface area contributed by atoms with Crippen LogP contribution in [0, 0.1) is 0 Å². The summed E-state index contributed by atoms with van der Waals surface area (Å²) in [7, 11) is 1.51. The third kappa shape index (κ3) is 3.39. The molecule has 0 aliphatic carbocycles. The van der Waals surface area contributed by atoms with Crippen molar-refractivity contribution < 1.29 is 24.4 Å². The first kappa shape index (κ1) is 15.9. The number of methoxy groups -OCH3 is 1. The van der Waals surface area contributed by atoms with E-state index in [4.69, 9.17) is 14.2 Å². The lowest BCUT2D eigenvalue weighted by Gasteiger charge is -2.22. The van der Waals surface area contributed by atoms with Crippen LogP contribution < -0.4 is 11.2 Å². The first-order valence-corrected chi connectivity index (χ1v) is 6.45. The van der Waals surface area contributed by atoms with Crippen LogP contribution in [-0.2, 0) is 14.2 Å². The van der Waals surface area contributed by atoms with E-state index in [9.17, 15) is 19.8 Å². The van der Waals surface area contributed by atoms with E-state index in [0.717, 1.165) is 10.6 Å². The number of rotatable bonds is 6. The second-order valence-corrected chi connectivity index (χ2v) is 4.58. The largest absolute Gasteiger partial charge is 0.394 e. The standard InChI is InChI=1S/C12H18N2O7/c1-19-4-5-20-10-9(17)7(6-15)21-11(10)14-3-2-8(16)13-12(14)18/h2-3,7,9-11,15,17H,4-6H2,1H3,(H,13,16,18)/t7-,9?,10?,11?/m1/s1. The SMILES string of the molecule is COCCOC1C(O)[C@@H](CO)OC1n1ccc(=O)[nH]c1=O. The number of aliphatic hydroxyl groups is 2. The predicted octanol–water partition coefficient (Wildman–Crippen LogP) is -2.18. The summed E-state index contributed by atoms with van der Waals surface area (Å²) in [5, 5.41) is 19.3. The molecule has 1 fully saturated rings. The van der Waals surface area contributed by atoms with Crippen molar-refractivity contribution >= 4 is 0 Å². The first-order valence-electron chi connectivity index (χ1n) is 6.45. The molecule has 0 bridgehead atoms. The van der Waals surface area contributed by atoms with Gasteiger partial charge in [0, 0.05) is 19.4 Å². The van der Waals surface area contributed by atoms with E-state index in [0.29, 0.717) is 6.61 Å². The van der Waals surface area contributed by atoms with Gasteiger partial charge in [0.05, 0.1) is 19.8 Å². The Bertz CT molecular complexity index is 569. The molecule has 1 aliphatic rings. The molecule has 118 valence electrons. The Morgan fingerprint density at radius 2 is 2.19 bits per heavy atom. The molecule has 0 amide bonds. The average molecular weight is 302 g/mol. The Hall–Kier alpha value is -1.52. The van der Waals surface area contributed by atoms with Crippen LogP contribution >= 0.6 is 0 Å². The molecule has 9 heteroatoms. The first-order chi connectivity index (χ1) is 10.1. The molecule has 0 spiro atoms. The maximum atomic E-state index is 11.8. The van der Waals surface area contributed by atoms with Crippen molar-refractivity contribution in [3.8, 4) is 0 Å². The highest BCUT2D eigenvalue weighted by Crippen LogP contribution is 2.30. The van der Waals surface area contributed by atoms with Gasteiger partial charge in [-0.1, -0.05) is 0 Å². The van der Waals surface area contributed by atoms with Crippen molar-refractivity contribution in [3.63, 3.8) is 0 Å². The van der Waals surface area contributed by atoms with Gasteiger partial charge in [-0.05, 0) is 0 Å². The van der Waals surface area contributed by atoms with E-state index in [2.05, 4.69) is 4.98 Å². The Labute approximate surface area is 119 Å². The number of aromatic nitrogens is 2. The molecule has 3 unspecified atom stereocenters. The van der Waals surface area contributed by atoms with Gasteiger partial charge in [-0.2, -0.15) is 0 Å². The molecular formula is C12H18N2O7. The van der Waals surface area contributed by atoms with Crippen LogP contribution in [0.4, 0.5) is 0 Å². The molecular weight excluding hydrogens is 284 g/mol. The fourth-order valence-corrected chi connectivity index (χ4v) is 2.17.